The number of carbonyl (C=O) groups is 2. The molecule has 1 spiro atoms. The molecule has 1 saturated carbocycles. The summed E-state index contributed by atoms with van der Waals surface area (Å²) in [4.78, 5) is 29.2. The molecule has 10 nitrogen and oxygen atoms in total. The van der Waals surface area contributed by atoms with Crippen molar-refractivity contribution in [1.29, 1.82) is 0 Å². The molecule has 186 valence electrons. The zero-order valence-corrected chi connectivity index (χ0v) is 23.1. The van der Waals surface area contributed by atoms with E-state index in [2.05, 4.69) is 31.8 Å². The second-order valence-corrected chi connectivity index (χ2v) is 10.4. The molecular formula is C24H32N3NaO7. The molecule has 35 heavy (non-hydrogen) atoms. The number of aromatic nitrogens is 2. The van der Waals surface area contributed by atoms with E-state index in [1.807, 2.05) is 0 Å². The number of allylic oxidation sites excluding steroid dienone is 1. The Bertz CT molecular complexity index is 999. The Balaban J connectivity index is 0.00000289. The van der Waals surface area contributed by atoms with Gasteiger partial charge in [-0.05, 0) is 40.0 Å². The summed E-state index contributed by atoms with van der Waals surface area (Å²) in [5.41, 5.74) is 0.493. The summed E-state index contributed by atoms with van der Waals surface area (Å²) in [7, 11) is 1.66. The first kappa shape index (κ1) is 26.6. The average molecular weight is 498 g/mol. The minimum Gasteiger partial charge on any atom is -0.543 e. The fourth-order valence-corrected chi connectivity index (χ4v) is 5.71. The molecule has 3 saturated heterocycles. The quantitative estimate of drug-likeness (QED) is 0.249. The molecule has 4 fully saturated rings. The van der Waals surface area contributed by atoms with Gasteiger partial charge >= 0.3 is 35.7 Å². The number of epoxide rings is 2. The van der Waals surface area contributed by atoms with Gasteiger partial charge in [0.15, 0.2) is 0 Å². The minimum atomic E-state index is -1.32. The van der Waals surface area contributed by atoms with Gasteiger partial charge in [-0.15, -0.1) is 0 Å². The van der Waals surface area contributed by atoms with E-state index in [9.17, 15) is 14.7 Å². The fraction of sp³-hybridized carbons (Fsp3) is 0.708. The standard InChI is InChI=1S/C24H33N3O7.Na/c1-14(2)5-6-18-23(3,34-18)20-19(31-4)17(7-8-24(20)12-32-24)33-22(30)26-9-15(10-26)27-11-16(21(28)29)25-13-27;/h5,11,13,15,17-20H,6-10,12H2,1-4H3,(H,28,29);/q;+1/p-1/t17-,18-,19-,20-,23+,24+;/m1./s1. The van der Waals surface area contributed by atoms with Crippen LogP contribution in [0.4, 0.5) is 4.79 Å². The van der Waals surface area contributed by atoms with Crippen molar-refractivity contribution < 1.29 is 63.2 Å². The number of aromatic carboxylic acids is 1. The molecule has 1 aromatic rings. The zero-order chi connectivity index (χ0) is 24.3. The van der Waals surface area contributed by atoms with Crippen molar-refractivity contribution in [3.05, 3.63) is 29.9 Å². The van der Waals surface area contributed by atoms with Crippen LogP contribution >= 0.6 is 0 Å². The first-order valence-corrected chi connectivity index (χ1v) is 11.8. The van der Waals surface area contributed by atoms with Crippen LogP contribution in [0.2, 0.25) is 0 Å². The fourth-order valence-electron chi connectivity index (χ4n) is 5.71. The van der Waals surface area contributed by atoms with Crippen LogP contribution in [0.15, 0.2) is 24.2 Å². The number of hydrogen-bond acceptors (Lipinski definition) is 8. The normalized spacial score (nSPS) is 35.6. The first-order chi connectivity index (χ1) is 16.2. The molecule has 4 aliphatic rings. The van der Waals surface area contributed by atoms with Crippen molar-refractivity contribution >= 4 is 12.1 Å². The summed E-state index contributed by atoms with van der Waals surface area (Å²) in [6, 6.07) is -0.0387. The van der Waals surface area contributed by atoms with E-state index in [1.165, 1.54) is 18.1 Å². The molecule has 0 bridgehead atoms. The number of carboxylic acid groups (broad SMARTS) is 1. The Kier molecular flexibility index (Phi) is 7.45. The van der Waals surface area contributed by atoms with Crippen molar-refractivity contribution in [2.24, 2.45) is 5.92 Å². The van der Waals surface area contributed by atoms with E-state index in [0.29, 0.717) is 26.1 Å². The van der Waals surface area contributed by atoms with Gasteiger partial charge < -0.3 is 38.3 Å². The number of nitrogens with zero attached hydrogens (tertiary/aromatic N) is 3. The van der Waals surface area contributed by atoms with Crippen molar-refractivity contribution in [2.45, 2.75) is 75.6 Å². The van der Waals surface area contributed by atoms with Gasteiger partial charge in [0, 0.05) is 26.4 Å². The molecule has 0 aromatic carbocycles. The van der Waals surface area contributed by atoms with Gasteiger partial charge in [-0.1, -0.05) is 11.6 Å². The van der Waals surface area contributed by atoms with Crippen LogP contribution in [-0.4, -0.2) is 82.8 Å². The van der Waals surface area contributed by atoms with Crippen LogP contribution < -0.4 is 34.7 Å². The third-order valence-corrected chi connectivity index (χ3v) is 7.84. The number of carboxylic acids is 1. The van der Waals surface area contributed by atoms with Gasteiger partial charge in [0.1, 0.15) is 29.1 Å². The molecule has 1 aromatic heterocycles. The number of ether oxygens (including phenoxy) is 4. The number of hydrogen-bond donors (Lipinski definition) is 0. The van der Waals surface area contributed by atoms with Crippen molar-refractivity contribution in [1.82, 2.24) is 14.5 Å². The summed E-state index contributed by atoms with van der Waals surface area (Å²) in [6.45, 7) is 7.80. The number of imidazole rings is 1. The van der Waals surface area contributed by atoms with Crippen LogP contribution in [0, 0.1) is 5.92 Å². The predicted molar refractivity (Wildman–Crippen MR) is 117 cm³/mol. The van der Waals surface area contributed by atoms with E-state index >= 15 is 0 Å². The van der Waals surface area contributed by atoms with E-state index in [0.717, 1.165) is 12.8 Å². The van der Waals surface area contributed by atoms with Gasteiger partial charge in [0.25, 0.3) is 0 Å². The Morgan fingerprint density at radius 1 is 1.34 bits per heavy atom. The summed E-state index contributed by atoms with van der Waals surface area (Å²) in [5, 5.41) is 10.9. The molecule has 4 heterocycles. The number of carbonyl (C=O) groups excluding carboxylic acids is 2. The van der Waals surface area contributed by atoms with E-state index in [1.54, 1.807) is 16.6 Å². The zero-order valence-electron chi connectivity index (χ0n) is 21.1. The second kappa shape index (κ2) is 9.79. The largest absolute Gasteiger partial charge is 1.00 e. The van der Waals surface area contributed by atoms with Crippen LogP contribution in [0.3, 0.4) is 0 Å². The Labute approximate surface area is 227 Å². The molecule has 5 rings (SSSR count). The number of amides is 1. The van der Waals surface area contributed by atoms with E-state index < -0.39 is 12.1 Å². The summed E-state index contributed by atoms with van der Waals surface area (Å²) >= 11 is 0. The number of likely N-dealkylation sites (tertiary alicyclic amines) is 1. The van der Waals surface area contributed by atoms with Gasteiger partial charge in [-0.25, -0.2) is 9.78 Å². The molecule has 1 aliphatic carbocycles. The smallest absolute Gasteiger partial charge is 0.543 e. The number of methoxy groups -OCH3 is 1. The van der Waals surface area contributed by atoms with Crippen molar-refractivity contribution in [3.8, 4) is 0 Å². The van der Waals surface area contributed by atoms with Gasteiger partial charge in [-0.2, -0.15) is 0 Å². The second-order valence-electron chi connectivity index (χ2n) is 10.4. The molecule has 11 heteroatoms. The molecule has 3 aliphatic heterocycles. The van der Waals surface area contributed by atoms with Gasteiger partial charge in [0.05, 0.1) is 37.0 Å². The minimum absolute atomic E-state index is 0. The molecule has 0 N–H and O–H groups in total. The van der Waals surface area contributed by atoms with Crippen molar-refractivity contribution in [3.63, 3.8) is 0 Å². The van der Waals surface area contributed by atoms with Gasteiger partial charge in [-0.3, -0.25) is 0 Å². The average Bonchev–Trinajstić information content (AvgIpc) is 3.60. The molecule has 6 atom stereocenters. The Morgan fingerprint density at radius 3 is 2.63 bits per heavy atom. The Hall–Kier alpha value is -1.43. The predicted octanol–water partition coefficient (Wildman–Crippen LogP) is -1.68. The summed E-state index contributed by atoms with van der Waals surface area (Å²) < 4.78 is 25.7. The monoisotopic (exact) mass is 497 g/mol. The SMILES string of the molecule is CO[C@@H]1[C@H](OC(=O)N2CC(n3cnc(C(=O)[O-])c3)C2)CC[C@]2(CO2)[C@H]1[C@@]1(C)O[C@@H]1CC=C(C)C.[Na+]. The van der Waals surface area contributed by atoms with Crippen LogP contribution in [0.1, 0.15) is 56.6 Å². The van der Waals surface area contributed by atoms with E-state index in [4.69, 9.17) is 18.9 Å². The van der Waals surface area contributed by atoms with Crippen molar-refractivity contribution in [2.75, 3.05) is 26.8 Å². The van der Waals surface area contributed by atoms with E-state index in [-0.39, 0.29) is 76.7 Å². The van der Waals surface area contributed by atoms with Gasteiger partial charge in [0.2, 0.25) is 0 Å². The topological polar surface area (TPSA) is 122 Å². The third-order valence-electron chi connectivity index (χ3n) is 7.84. The molecule has 1 amide bonds. The number of rotatable bonds is 7. The molecule has 0 unspecified atom stereocenters. The molecular weight excluding hydrogens is 465 g/mol. The maximum Gasteiger partial charge on any atom is 1.00 e. The van der Waals surface area contributed by atoms with Crippen LogP contribution in [-0.2, 0) is 18.9 Å². The Morgan fingerprint density at radius 2 is 2.06 bits per heavy atom. The summed E-state index contributed by atoms with van der Waals surface area (Å²) in [5.74, 6) is -1.34. The molecule has 0 radical (unpaired) electrons. The van der Waals surface area contributed by atoms with Crippen LogP contribution in [0.5, 0.6) is 0 Å². The maximum atomic E-state index is 12.9. The summed E-state index contributed by atoms with van der Waals surface area (Å²) in [6.07, 6.45) is 6.36. The third kappa shape index (κ3) is 4.93. The van der Waals surface area contributed by atoms with Crippen LogP contribution in [0.25, 0.3) is 0 Å². The maximum absolute atomic E-state index is 12.9. The first-order valence-electron chi connectivity index (χ1n) is 11.8.